The van der Waals surface area contributed by atoms with Crippen molar-refractivity contribution >= 4 is 39.4 Å². The molecule has 52 heavy (non-hydrogen) atoms. The topological polar surface area (TPSA) is 149 Å². The molecule has 3 atom stereocenters. The van der Waals surface area contributed by atoms with Gasteiger partial charge in [-0.3, -0.25) is 14.4 Å². The average Bonchev–Trinajstić information content (AvgIpc) is 3.92. The molecular weight excluding hydrogens is 656 g/mol. The maximum absolute atomic E-state index is 14.3. The second kappa shape index (κ2) is 15.6. The first kappa shape index (κ1) is 34.6. The van der Waals surface area contributed by atoms with Crippen molar-refractivity contribution in [1.82, 2.24) is 40.3 Å². The molecule has 12 heteroatoms. The summed E-state index contributed by atoms with van der Waals surface area (Å²) in [6.45, 7) is 1.06. The van der Waals surface area contributed by atoms with Crippen LogP contribution < -0.4 is 5.32 Å². The summed E-state index contributed by atoms with van der Waals surface area (Å²) in [7, 11) is 1.73. The fraction of sp³-hybridized carbons (Fsp3) is 0.300. The summed E-state index contributed by atoms with van der Waals surface area (Å²) in [5, 5.41) is 30.8. The normalized spacial score (nSPS) is 16.3. The molecule has 0 radical (unpaired) electrons. The molecule has 3 amide bonds. The van der Waals surface area contributed by atoms with E-state index < -0.39 is 24.1 Å². The van der Waals surface area contributed by atoms with E-state index in [1.54, 1.807) is 11.9 Å². The van der Waals surface area contributed by atoms with Crippen molar-refractivity contribution in [3.05, 3.63) is 126 Å². The van der Waals surface area contributed by atoms with Gasteiger partial charge < -0.3 is 24.8 Å². The van der Waals surface area contributed by atoms with Crippen LogP contribution in [0.5, 0.6) is 0 Å². The van der Waals surface area contributed by atoms with Crippen molar-refractivity contribution in [2.24, 2.45) is 0 Å². The maximum Gasteiger partial charge on any atom is 0.256 e. The van der Waals surface area contributed by atoms with Crippen LogP contribution in [-0.2, 0) is 35.5 Å². The predicted octanol–water partition coefficient (Wildman–Crippen LogP) is 4.29. The molecule has 2 aromatic heterocycles. The summed E-state index contributed by atoms with van der Waals surface area (Å²) in [6, 6.07) is 29.6. The van der Waals surface area contributed by atoms with Crippen LogP contribution in [0.25, 0.3) is 21.7 Å². The molecule has 1 fully saturated rings. The summed E-state index contributed by atoms with van der Waals surface area (Å²) in [6.07, 6.45) is 3.66. The van der Waals surface area contributed by atoms with E-state index >= 15 is 0 Å². The van der Waals surface area contributed by atoms with Crippen molar-refractivity contribution in [2.75, 3.05) is 13.6 Å². The minimum atomic E-state index is -0.953. The summed E-state index contributed by atoms with van der Waals surface area (Å²) < 4.78 is 2.06. The number of hydrogen-bond donors (Lipinski definition) is 3. The Labute approximate surface area is 301 Å². The van der Waals surface area contributed by atoms with E-state index in [2.05, 4.69) is 30.5 Å². The third kappa shape index (κ3) is 7.71. The Bertz CT molecular complexity index is 2170. The van der Waals surface area contributed by atoms with Gasteiger partial charge in [-0.25, -0.2) is 0 Å². The molecule has 7 rings (SSSR count). The number of carbonyl (C=O) groups excluding carboxylic acids is 3. The zero-order chi connectivity index (χ0) is 36.0. The number of aromatic amines is 1. The number of aliphatic hydroxyl groups is 1. The second-order valence-corrected chi connectivity index (χ2v) is 13.5. The van der Waals surface area contributed by atoms with E-state index in [1.807, 2.05) is 103 Å². The molecule has 4 aromatic carbocycles. The number of amides is 3. The molecule has 0 unspecified atom stereocenters. The second-order valence-electron chi connectivity index (χ2n) is 13.5. The number of nitrogens with zero attached hydrogens (tertiary/aromatic N) is 6. The third-order valence-corrected chi connectivity index (χ3v) is 9.81. The Morgan fingerprint density at radius 3 is 2.52 bits per heavy atom. The molecule has 266 valence electrons. The lowest BCUT2D eigenvalue weighted by atomic mass is 10.00. The Kier molecular flexibility index (Phi) is 10.3. The molecule has 1 aliphatic heterocycles. The number of benzene rings is 4. The summed E-state index contributed by atoms with van der Waals surface area (Å²) in [5.74, 6) is -0.391. The number of aliphatic hydroxyl groups excluding tert-OH is 1. The zero-order valence-electron chi connectivity index (χ0n) is 29.1. The number of nitrogens with one attached hydrogen (secondary N) is 2. The van der Waals surface area contributed by atoms with Crippen molar-refractivity contribution in [2.45, 2.75) is 63.4 Å². The Hall–Kier alpha value is -5.88. The van der Waals surface area contributed by atoms with E-state index in [0.717, 1.165) is 45.6 Å². The lowest BCUT2D eigenvalue weighted by Crippen LogP contribution is -2.54. The van der Waals surface area contributed by atoms with E-state index in [9.17, 15) is 19.5 Å². The lowest BCUT2D eigenvalue weighted by molar-refractivity contribution is -0.136. The van der Waals surface area contributed by atoms with Gasteiger partial charge in [0.1, 0.15) is 12.1 Å². The van der Waals surface area contributed by atoms with Gasteiger partial charge in [-0.1, -0.05) is 96.2 Å². The highest BCUT2D eigenvalue weighted by Crippen LogP contribution is 2.28. The molecule has 1 aliphatic rings. The van der Waals surface area contributed by atoms with Crippen molar-refractivity contribution in [3.63, 3.8) is 0 Å². The van der Waals surface area contributed by atoms with E-state index in [1.165, 1.54) is 4.90 Å². The van der Waals surface area contributed by atoms with E-state index in [0.29, 0.717) is 30.9 Å². The molecule has 0 aliphatic carbocycles. The van der Waals surface area contributed by atoms with Crippen LogP contribution in [0.1, 0.15) is 46.6 Å². The Balaban J connectivity index is 1.11. The number of aromatic nitrogens is 5. The van der Waals surface area contributed by atoms with Crippen molar-refractivity contribution < 1.29 is 19.5 Å². The first-order valence-corrected chi connectivity index (χ1v) is 17.7. The molecule has 1 saturated heterocycles. The van der Waals surface area contributed by atoms with Crippen LogP contribution in [0.15, 0.2) is 103 Å². The van der Waals surface area contributed by atoms with Gasteiger partial charge in [-0.15, -0.1) is 10.2 Å². The average molecular weight is 699 g/mol. The third-order valence-electron chi connectivity index (χ3n) is 9.81. The predicted molar refractivity (Wildman–Crippen MR) is 197 cm³/mol. The highest BCUT2D eigenvalue weighted by Gasteiger charge is 2.41. The highest BCUT2D eigenvalue weighted by atomic mass is 16.3. The number of likely N-dealkylation sites (tertiary alicyclic amines) is 1. The first-order chi connectivity index (χ1) is 25.3. The number of unbranched alkanes of at least 4 members (excludes halogenated alkanes) is 1. The number of para-hydroxylation sites is 1. The van der Waals surface area contributed by atoms with Gasteiger partial charge in [0.2, 0.25) is 11.8 Å². The number of aryl methyl sites for hydroxylation is 2. The van der Waals surface area contributed by atoms with Crippen LogP contribution in [0.2, 0.25) is 0 Å². The standard InChI is InChI=1S/C40H42N8O4/c1-46(24-27-11-3-2-4-12-27)40(52)34(22-28-18-19-29-13-5-6-14-30(29)21-28)41-38(50)36-23-31(49)25-48(36)39(51)33-26-47(35-16-8-7-15-32(33)35)20-10-9-17-37-42-44-45-43-37/h2-8,11-16,18-19,21,26,31,34,36,49H,9-10,17,20,22-25H2,1H3,(H,41,50)(H,42,43,44,45)/t31-,34+,36+/m1/s1. The molecule has 0 saturated carbocycles. The van der Waals surface area contributed by atoms with Crippen LogP contribution in [0.4, 0.5) is 0 Å². The Morgan fingerprint density at radius 2 is 1.71 bits per heavy atom. The molecular formula is C40H42N8O4. The van der Waals surface area contributed by atoms with Gasteiger partial charge >= 0.3 is 0 Å². The highest BCUT2D eigenvalue weighted by molar-refractivity contribution is 6.08. The van der Waals surface area contributed by atoms with Gasteiger partial charge in [0, 0.05) is 63.0 Å². The van der Waals surface area contributed by atoms with E-state index in [-0.39, 0.29) is 31.2 Å². The maximum atomic E-state index is 14.3. The molecule has 3 N–H and O–H groups in total. The number of H-pyrrole nitrogens is 1. The van der Waals surface area contributed by atoms with Crippen LogP contribution in [0, 0.1) is 0 Å². The van der Waals surface area contributed by atoms with Crippen molar-refractivity contribution in [1.29, 1.82) is 0 Å². The van der Waals surface area contributed by atoms with Gasteiger partial charge in [0.15, 0.2) is 5.82 Å². The molecule has 3 heterocycles. The summed E-state index contributed by atoms with van der Waals surface area (Å²) >= 11 is 0. The summed E-state index contributed by atoms with van der Waals surface area (Å²) in [4.78, 5) is 45.6. The number of β-amino-alcohol motifs (C(OH)–C–C–N with tert-alkyl or cyclic N) is 1. The fourth-order valence-electron chi connectivity index (χ4n) is 7.17. The Morgan fingerprint density at radius 1 is 0.942 bits per heavy atom. The summed E-state index contributed by atoms with van der Waals surface area (Å²) in [5.41, 5.74) is 3.24. The number of rotatable bonds is 13. The number of carbonyl (C=O) groups is 3. The van der Waals surface area contributed by atoms with Crippen LogP contribution in [0.3, 0.4) is 0 Å². The molecule has 12 nitrogen and oxygen atoms in total. The van der Waals surface area contributed by atoms with Crippen molar-refractivity contribution in [3.8, 4) is 0 Å². The van der Waals surface area contributed by atoms with Crippen LogP contribution in [-0.4, -0.2) is 89.6 Å². The quantitative estimate of drug-likeness (QED) is 0.152. The largest absolute Gasteiger partial charge is 0.391 e. The zero-order valence-corrected chi connectivity index (χ0v) is 29.1. The van der Waals surface area contributed by atoms with Gasteiger partial charge in [0.25, 0.3) is 5.91 Å². The molecule has 0 spiro atoms. The molecule has 0 bridgehead atoms. The van der Waals surface area contributed by atoms with E-state index in [4.69, 9.17) is 0 Å². The van der Waals surface area contributed by atoms with Gasteiger partial charge in [-0.05, 0) is 40.8 Å². The number of hydrogen-bond acceptors (Lipinski definition) is 7. The van der Waals surface area contributed by atoms with Gasteiger partial charge in [0.05, 0.1) is 11.7 Å². The van der Waals surface area contributed by atoms with Crippen LogP contribution >= 0.6 is 0 Å². The monoisotopic (exact) mass is 698 g/mol. The minimum absolute atomic E-state index is 0.0122. The number of fused-ring (bicyclic) bond motifs is 2. The minimum Gasteiger partial charge on any atom is -0.391 e. The fourth-order valence-corrected chi connectivity index (χ4v) is 7.17. The lowest BCUT2D eigenvalue weighted by Gasteiger charge is -2.28. The molecule has 6 aromatic rings. The van der Waals surface area contributed by atoms with Gasteiger partial charge in [-0.2, -0.15) is 5.21 Å². The number of likely N-dealkylation sites (N-methyl/N-ethyl adjacent to an activating group) is 1. The smallest absolute Gasteiger partial charge is 0.256 e. The first-order valence-electron chi connectivity index (χ1n) is 17.7. The number of tetrazole rings is 1. The SMILES string of the molecule is CN(Cc1ccccc1)C(=O)[C@H](Cc1ccc2ccccc2c1)NC(=O)[C@@H]1C[C@@H](O)CN1C(=O)c1cn(CCCCc2nn[nH]n2)c2ccccc12.